The number of nitrogens with one attached hydrogen (secondary N) is 1. The molecule has 2 aliphatic rings. The van der Waals surface area contributed by atoms with Gasteiger partial charge >= 0.3 is 0 Å². The molecule has 0 amide bonds. The largest absolute Gasteiger partial charge is 0.493 e. The van der Waals surface area contributed by atoms with Crippen LogP contribution in [0.5, 0.6) is 17.2 Å². The summed E-state index contributed by atoms with van der Waals surface area (Å²) in [7, 11) is 3.21. The molecule has 2 aliphatic heterocycles. The number of ether oxygens (including phenoxy) is 3. The lowest BCUT2D eigenvalue weighted by Gasteiger charge is -2.16. The second-order valence-corrected chi connectivity index (χ2v) is 9.62. The number of nitrogens with two attached hydrogens (primary N) is 1. The molecule has 2 aromatic carbocycles. The maximum absolute atomic E-state index is 6.41. The monoisotopic (exact) mass is 494 g/mol. The molecule has 0 aliphatic carbocycles. The number of aliphatic imine (C=N–C) groups is 1. The molecule has 1 saturated heterocycles. The average molecular weight is 495 g/mol. The maximum atomic E-state index is 6.41. The van der Waals surface area contributed by atoms with Gasteiger partial charge in [-0.1, -0.05) is 11.8 Å². The molecule has 0 spiro atoms. The Kier molecular flexibility index (Phi) is 7.21. The molecule has 35 heavy (non-hydrogen) atoms. The highest BCUT2D eigenvalue weighted by Crippen LogP contribution is 2.42. The molecule has 3 N–H and O–H groups in total. The van der Waals surface area contributed by atoms with Crippen molar-refractivity contribution in [3.8, 4) is 17.2 Å². The molecule has 1 aromatic heterocycles. The van der Waals surface area contributed by atoms with E-state index in [2.05, 4.69) is 25.2 Å². The number of thioether (sulfide) groups is 1. The number of fused-ring (bicyclic) bond motifs is 1. The van der Waals surface area contributed by atoms with Crippen molar-refractivity contribution >= 4 is 33.5 Å². The van der Waals surface area contributed by atoms with Gasteiger partial charge in [-0.3, -0.25) is 4.90 Å². The maximum Gasteiger partial charge on any atom is 0.163 e. The highest BCUT2D eigenvalue weighted by molar-refractivity contribution is 8.14. The minimum absolute atomic E-state index is 0.158. The molecule has 3 heterocycles. The van der Waals surface area contributed by atoms with E-state index in [1.54, 1.807) is 32.3 Å². The van der Waals surface area contributed by atoms with Gasteiger partial charge in [0.1, 0.15) is 24.8 Å². The molecule has 3 aromatic rings. The summed E-state index contributed by atoms with van der Waals surface area (Å²) < 4.78 is 16.8. The number of nitrogens with zero attached hydrogens (tertiary/aromatic N) is 4. The van der Waals surface area contributed by atoms with Crippen molar-refractivity contribution in [1.29, 1.82) is 0 Å². The van der Waals surface area contributed by atoms with E-state index in [4.69, 9.17) is 19.9 Å². The van der Waals surface area contributed by atoms with Crippen molar-refractivity contribution < 1.29 is 14.2 Å². The van der Waals surface area contributed by atoms with Gasteiger partial charge in [0.05, 0.1) is 30.7 Å². The van der Waals surface area contributed by atoms with Crippen molar-refractivity contribution in [3.05, 3.63) is 48.4 Å². The van der Waals surface area contributed by atoms with Crippen LogP contribution in [-0.4, -0.2) is 66.7 Å². The number of aromatic nitrogens is 2. The summed E-state index contributed by atoms with van der Waals surface area (Å²) in [4.78, 5) is 16.0. The number of hydrogen-bond acceptors (Lipinski definition) is 10. The second-order valence-electron chi connectivity index (χ2n) is 8.49. The van der Waals surface area contributed by atoms with Crippen molar-refractivity contribution in [2.75, 3.05) is 45.8 Å². The molecule has 10 heteroatoms. The van der Waals surface area contributed by atoms with Crippen molar-refractivity contribution in [3.63, 3.8) is 0 Å². The molecule has 0 radical (unpaired) electrons. The molecule has 0 bridgehead atoms. The standard InChI is InChI=1S/C25H30N6O3S/c1-32-20-13-18-19(14-21(20)33-2)27-15-28-22(18)23-24(26)30-25(35-23)29-16-5-7-17(8-6-16)34-12-11-31-9-3-4-10-31/h5-8,13-15,23-24H,3-4,9-12,26H2,1-2H3,(H,29,30). The number of benzene rings is 2. The molecule has 0 saturated carbocycles. The lowest BCUT2D eigenvalue weighted by molar-refractivity contribution is 0.238. The third-order valence-electron chi connectivity index (χ3n) is 6.24. The van der Waals surface area contributed by atoms with Gasteiger partial charge in [-0.25, -0.2) is 15.0 Å². The molecule has 1 fully saturated rings. The van der Waals surface area contributed by atoms with Gasteiger partial charge in [-0.15, -0.1) is 0 Å². The summed E-state index contributed by atoms with van der Waals surface area (Å²) in [6, 6.07) is 11.7. The van der Waals surface area contributed by atoms with Crippen LogP contribution in [0.25, 0.3) is 10.9 Å². The Bertz CT molecular complexity index is 1200. The fraction of sp³-hybridized carbons (Fsp3) is 0.400. The van der Waals surface area contributed by atoms with E-state index in [0.29, 0.717) is 18.1 Å². The Labute approximate surface area is 209 Å². The third kappa shape index (κ3) is 5.29. The van der Waals surface area contributed by atoms with Gasteiger partial charge in [0, 0.05) is 23.7 Å². The molecule has 184 valence electrons. The van der Waals surface area contributed by atoms with E-state index in [9.17, 15) is 0 Å². The first-order chi connectivity index (χ1) is 17.1. The van der Waals surface area contributed by atoms with Crippen molar-refractivity contribution in [2.45, 2.75) is 24.3 Å². The van der Waals surface area contributed by atoms with Gasteiger partial charge in [-0.2, -0.15) is 0 Å². The van der Waals surface area contributed by atoms with Crippen LogP contribution in [0.3, 0.4) is 0 Å². The molecular formula is C25H30N6O3S. The zero-order valence-corrected chi connectivity index (χ0v) is 20.8. The summed E-state index contributed by atoms with van der Waals surface area (Å²) in [6.45, 7) is 4.04. The van der Waals surface area contributed by atoms with E-state index in [0.717, 1.165) is 39.7 Å². The Hall–Kier alpha value is -3.08. The van der Waals surface area contributed by atoms with Crippen LogP contribution in [0.15, 0.2) is 47.7 Å². The summed E-state index contributed by atoms with van der Waals surface area (Å²) in [6.07, 6.45) is 3.69. The Morgan fingerprint density at radius 1 is 1.06 bits per heavy atom. The number of hydrogen-bond donors (Lipinski definition) is 2. The highest BCUT2D eigenvalue weighted by atomic mass is 32.2. The number of anilines is 1. The Morgan fingerprint density at radius 2 is 1.80 bits per heavy atom. The first kappa shape index (κ1) is 23.7. The van der Waals surface area contributed by atoms with E-state index >= 15 is 0 Å². The van der Waals surface area contributed by atoms with Crippen LogP contribution in [0.2, 0.25) is 0 Å². The number of methoxy groups -OCH3 is 2. The van der Waals surface area contributed by atoms with Gasteiger partial charge in [0.2, 0.25) is 0 Å². The smallest absolute Gasteiger partial charge is 0.163 e. The fourth-order valence-corrected chi connectivity index (χ4v) is 5.49. The minimum atomic E-state index is -0.443. The second kappa shape index (κ2) is 10.7. The summed E-state index contributed by atoms with van der Waals surface area (Å²) in [5.41, 5.74) is 8.92. The quantitative estimate of drug-likeness (QED) is 0.485. The minimum Gasteiger partial charge on any atom is -0.493 e. The number of amidine groups is 1. The van der Waals surface area contributed by atoms with Crippen LogP contribution < -0.4 is 25.3 Å². The lowest BCUT2D eigenvalue weighted by atomic mass is 10.1. The van der Waals surface area contributed by atoms with Crippen molar-refractivity contribution in [2.24, 2.45) is 10.7 Å². The SMILES string of the molecule is COc1cc2ncnc(C3SC(Nc4ccc(OCCN5CCCC5)cc4)=NC3N)c2cc1OC. The average Bonchev–Trinajstić information content (AvgIpc) is 3.53. The number of likely N-dealkylation sites (tertiary alicyclic amines) is 1. The van der Waals surface area contributed by atoms with Gasteiger partial charge in [0.25, 0.3) is 0 Å². The van der Waals surface area contributed by atoms with Crippen molar-refractivity contribution in [1.82, 2.24) is 14.9 Å². The van der Waals surface area contributed by atoms with Crippen LogP contribution >= 0.6 is 11.8 Å². The lowest BCUT2D eigenvalue weighted by Crippen LogP contribution is -2.25. The van der Waals surface area contributed by atoms with E-state index in [-0.39, 0.29) is 5.25 Å². The zero-order chi connectivity index (χ0) is 24.2. The Morgan fingerprint density at radius 3 is 2.54 bits per heavy atom. The zero-order valence-electron chi connectivity index (χ0n) is 19.9. The molecule has 2 unspecified atom stereocenters. The van der Waals surface area contributed by atoms with E-state index in [1.807, 2.05) is 36.4 Å². The van der Waals surface area contributed by atoms with E-state index < -0.39 is 6.17 Å². The van der Waals surface area contributed by atoms with Gasteiger partial charge in [-0.05, 0) is 56.3 Å². The van der Waals surface area contributed by atoms with Crippen LogP contribution in [-0.2, 0) is 0 Å². The first-order valence-electron chi connectivity index (χ1n) is 11.7. The Balaban J connectivity index is 1.24. The molecular weight excluding hydrogens is 464 g/mol. The van der Waals surface area contributed by atoms with Gasteiger partial charge in [0.15, 0.2) is 16.7 Å². The van der Waals surface area contributed by atoms with Crippen LogP contribution in [0.1, 0.15) is 23.8 Å². The molecule has 5 rings (SSSR count). The number of rotatable bonds is 8. The third-order valence-corrected chi connectivity index (χ3v) is 7.42. The summed E-state index contributed by atoms with van der Waals surface area (Å²) >= 11 is 1.55. The van der Waals surface area contributed by atoms with Crippen LogP contribution in [0, 0.1) is 0 Å². The summed E-state index contributed by atoms with van der Waals surface area (Å²) in [5.74, 6) is 2.10. The predicted molar refractivity (Wildman–Crippen MR) is 140 cm³/mol. The van der Waals surface area contributed by atoms with Gasteiger partial charge < -0.3 is 25.3 Å². The fourth-order valence-electron chi connectivity index (χ4n) is 4.39. The molecule has 9 nitrogen and oxygen atoms in total. The van der Waals surface area contributed by atoms with E-state index in [1.165, 1.54) is 25.9 Å². The summed E-state index contributed by atoms with van der Waals surface area (Å²) in [5, 5.41) is 4.82. The molecule has 2 atom stereocenters. The topological polar surface area (TPSA) is 107 Å². The van der Waals surface area contributed by atoms with Crippen LogP contribution in [0.4, 0.5) is 5.69 Å². The highest BCUT2D eigenvalue weighted by Gasteiger charge is 2.32. The first-order valence-corrected chi connectivity index (χ1v) is 12.6. The predicted octanol–water partition coefficient (Wildman–Crippen LogP) is 3.66. The normalized spacial score (nSPS) is 20.1.